The maximum atomic E-state index is 4.56. The van der Waals surface area contributed by atoms with Gasteiger partial charge in [-0.2, -0.15) is 12.6 Å². The van der Waals surface area contributed by atoms with Gasteiger partial charge in [0.15, 0.2) is 0 Å². The van der Waals surface area contributed by atoms with E-state index in [-0.39, 0.29) is 4.08 Å². The average Bonchev–Trinajstić information content (AvgIpc) is 1.77. The van der Waals surface area contributed by atoms with E-state index in [9.17, 15) is 0 Å². The van der Waals surface area contributed by atoms with Crippen LogP contribution in [0.5, 0.6) is 0 Å². The van der Waals surface area contributed by atoms with E-state index in [1.54, 1.807) is 0 Å². The molecule has 0 amide bonds. The third kappa shape index (κ3) is 1.99. The number of hydrogen-bond acceptors (Lipinski definition) is 3. The summed E-state index contributed by atoms with van der Waals surface area (Å²) in [6.45, 7) is 4.48. The molecular weight excluding hydrogens is 168 g/mol. The van der Waals surface area contributed by atoms with Crippen molar-refractivity contribution in [3.05, 3.63) is 0 Å². The van der Waals surface area contributed by atoms with Crippen LogP contribution in [0.25, 0.3) is 0 Å². The van der Waals surface area contributed by atoms with Crippen LogP contribution in [-0.2, 0) is 0 Å². The third-order valence-electron chi connectivity index (χ3n) is 1.78. The van der Waals surface area contributed by atoms with Gasteiger partial charge in [0.1, 0.15) is 0 Å². The van der Waals surface area contributed by atoms with Crippen LogP contribution >= 0.6 is 34.2 Å². The van der Waals surface area contributed by atoms with Gasteiger partial charge in [-0.1, -0.05) is 28.5 Å². The molecule has 1 aliphatic heterocycles. The van der Waals surface area contributed by atoms with Gasteiger partial charge in [-0.3, -0.25) is 0 Å². The fraction of sp³-hybridized carbons (Fsp3) is 1.00. The molecule has 0 aliphatic carbocycles. The predicted molar refractivity (Wildman–Crippen MR) is 51.2 cm³/mol. The summed E-state index contributed by atoms with van der Waals surface area (Å²) in [5.74, 6) is 2.05. The lowest BCUT2D eigenvalue weighted by atomic mass is 10.1. The Morgan fingerprint density at radius 2 is 2.33 bits per heavy atom. The molecule has 54 valence electrons. The van der Waals surface area contributed by atoms with Crippen LogP contribution in [0.1, 0.15) is 20.3 Å². The zero-order valence-electron chi connectivity index (χ0n) is 5.76. The molecule has 0 aromatic rings. The molecule has 0 aromatic heterocycles. The normalized spacial score (nSPS) is 45.0. The summed E-state index contributed by atoms with van der Waals surface area (Å²) in [6.07, 6.45) is 1.32. The van der Waals surface area contributed by atoms with Gasteiger partial charge in [0.25, 0.3) is 0 Å². The van der Waals surface area contributed by atoms with Gasteiger partial charge >= 0.3 is 0 Å². The largest absolute Gasteiger partial charge is 0.161 e. The highest BCUT2D eigenvalue weighted by Crippen LogP contribution is 2.49. The van der Waals surface area contributed by atoms with Gasteiger partial charge in [0, 0.05) is 5.75 Å². The molecule has 1 rings (SSSR count). The van der Waals surface area contributed by atoms with Crippen molar-refractivity contribution in [3.8, 4) is 0 Å². The highest BCUT2D eigenvalue weighted by molar-refractivity contribution is 8.78. The summed E-state index contributed by atoms with van der Waals surface area (Å²) in [4.78, 5) is 0. The van der Waals surface area contributed by atoms with E-state index in [2.05, 4.69) is 26.5 Å². The molecule has 0 radical (unpaired) electrons. The van der Waals surface area contributed by atoms with E-state index < -0.39 is 0 Å². The molecule has 2 atom stereocenters. The first-order valence-corrected chi connectivity index (χ1v) is 5.92. The monoisotopic (exact) mass is 180 g/mol. The van der Waals surface area contributed by atoms with Gasteiger partial charge in [0.05, 0.1) is 4.08 Å². The zero-order chi connectivity index (χ0) is 6.91. The summed E-state index contributed by atoms with van der Waals surface area (Å²) in [7, 11) is 3.86. The number of thiol groups is 1. The summed E-state index contributed by atoms with van der Waals surface area (Å²) < 4.78 is 0.211. The van der Waals surface area contributed by atoms with Crippen molar-refractivity contribution >= 4 is 34.2 Å². The molecule has 2 unspecified atom stereocenters. The van der Waals surface area contributed by atoms with Crippen molar-refractivity contribution in [2.45, 2.75) is 24.3 Å². The van der Waals surface area contributed by atoms with Crippen molar-refractivity contribution in [2.75, 3.05) is 5.75 Å². The molecule has 1 saturated heterocycles. The standard InChI is InChI=1S/C6H12S3/c1-5-3-4-8-9-6(5,2)7/h5,7H,3-4H2,1-2H3. The second kappa shape index (κ2) is 2.97. The van der Waals surface area contributed by atoms with Crippen molar-refractivity contribution < 1.29 is 0 Å². The van der Waals surface area contributed by atoms with Crippen LogP contribution in [0.4, 0.5) is 0 Å². The molecule has 1 heterocycles. The van der Waals surface area contributed by atoms with E-state index in [1.165, 1.54) is 12.2 Å². The Bertz CT molecular complexity index is 100. The molecule has 1 fully saturated rings. The van der Waals surface area contributed by atoms with E-state index in [0.29, 0.717) is 0 Å². The lowest BCUT2D eigenvalue weighted by Gasteiger charge is -2.33. The Hall–Kier alpha value is 1.05. The molecule has 1 aliphatic rings. The minimum Gasteiger partial charge on any atom is -0.161 e. The molecule has 9 heavy (non-hydrogen) atoms. The first-order valence-electron chi connectivity index (χ1n) is 3.16. The van der Waals surface area contributed by atoms with E-state index >= 15 is 0 Å². The van der Waals surface area contributed by atoms with Gasteiger partial charge in [-0.05, 0) is 19.3 Å². The van der Waals surface area contributed by atoms with Gasteiger partial charge in [-0.25, -0.2) is 0 Å². The first-order chi connectivity index (χ1) is 4.13. The summed E-state index contributed by atoms with van der Waals surface area (Å²) in [5.41, 5.74) is 0. The van der Waals surface area contributed by atoms with Crippen LogP contribution in [0.3, 0.4) is 0 Å². The van der Waals surface area contributed by atoms with Crippen molar-refractivity contribution in [1.29, 1.82) is 0 Å². The van der Waals surface area contributed by atoms with Gasteiger partial charge in [-0.15, -0.1) is 0 Å². The van der Waals surface area contributed by atoms with Crippen molar-refractivity contribution in [3.63, 3.8) is 0 Å². The third-order valence-corrected chi connectivity index (χ3v) is 6.01. The Labute approximate surface area is 70.4 Å². The zero-order valence-corrected chi connectivity index (χ0v) is 8.28. The number of hydrogen-bond donors (Lipinski definition) is 1. The van der Waals surface area contributed by atoms with Crippen LogP contribution in [-0.4, -0.2) is 9.83 Å². The first kappa shape index (κ1) is 8.15. The quantitative estimate of drug-likeness (QED) is 0.449. The maximum Gasteiger partial charge on any atom is 0.0682 e. The van der Waals surface area contributed by atoms with E-state index in [0.717, 1.165) is 5.92 Å². The SMILES string of the molecule is CC1CCSSC1(C)S. The second-order valence-electron chi connectivity index (χ2n) is 2.65. The van der Waals surface area contributed by atoms with Crippen LogP contribution < -0.4 is 0 Å². The minimum absolute atomic E-state index is 0.211. The fourth-order valence-corrected chi connectivity index (χ4v) is 4.14. The Morgan fingerprint density at radius 3 is 2.67 bits per heavy atom. The van der Waals surface area contributed by atoms with Crippen LogP contribution in [0.15, 0.2) is 0 Å². The molecule has 0 spiro atoms. The average molecular weight is 180 g/mol. The highest BCUT2D eigenvalue weighted by atomic mass is 33.1. The molecular formula is C6H12S3. The van der Waals surface area contributed by atoms with Gasteiger partial charge in [0.2, 0.25) is 0 Å². The smallest absolute Gasteiger partial charge is 0.0682 e. The molecule has 0 saturated carbocycles. The number of rotatable bonds is 0. The van der Waals surface area contributed by atoms with Crippen molar-refractivity contribution in [1.82, 2.24) is 0 Å². The van der Waals surface area contributed by atoms with Crippen LogP contribution in [0, 0.1) is 5.92 Å². The Morgan fingerprint density at radius 1 is 1.67 bits per heavy atom. The summed E-state index contributed by atoms with van der Waals surface area (Å²) in [6, 6.07) is 0. The van der Waals surface area contributed by atoms with Crippen LogP contribution in [0.2, 0.25) is 0 Å². The topological polar surface area (TPSA) is 0 Å². The molecule has 3 heteroatoms. The predicted octanol–water partition coefficient (Wildman–Crippen LogP) is 3.05. The lowest BCUT2D eigenvalue weighted by molar-refractivity contribution is 0.533. The van der Waals surface area contributed by atoms with E-state index in [1.807, 2.05) is 21.6 Å². The molecule has 0 bridgehead atoms. The fourth-order valence-electron chi connectivity index (χ4n) is 0.736. The summed E-state index contributed by atoms with van der Waals surface area (Å²) >= 11 is 4.56. The minimum atomic E-state index is 0.211. The highest BCUT2D eigenvalue weighted by Gasteiger charge is 2.30. The molecule has 0 N–H and O–H groups in total. The summed E-state index contributed by atoms with van der Waals surface area (Å²) in [5, 5.41) is 0. The second-order valence-corrected chi connectivity index (χ2v) is 6.75. The van der Waals surface area contributed by atoms with E-state index in [4.69, 9.17) is 0 Å². The van der Waals surface area contributed by atoms with Gasteiger partial charge < -0.3 is 0 Å². The Balaban J connectivity index is 2.49. The lowest BCUT2D eigenvalue weighted by Crippen LogP contribution is -2.24. The Kier molecular flexibility index (Phi) is 2.69. The maximum absolute atomic E-state index is 4.56. The molecule has 0 aromatic carbocycles. The molecule has 0 nitrogen and oxygen atoms in total. The van der Waals surface area contributed by atoms with Crippen molar-refractivity contribution in [2.24, 2.45) is 5.92 Å².